The van der Waals surface area contributed by atoms with Crippen LogP contribution in [-0.4, -0.2) is 42.7 Å². The molecular weight excluding hydrogens is 292 g/mol. The van der Waals surface area contributed by atoms with Gasteiger partial charge in [0, 0.05) is 23.2 Å². The molecule has 1 aliphatic heterocycles. The van der Waals surface area contributed by atoms with Crippen molar-refractivity contribution in [2.45, 2.75) is 43.3 Å². The van der Waals surface area contributed by atoms with Gasteiger partial charge in [-0.05, 0) is 50.9 Å². The van der Waals surface area contributed by atoms with Gasteiger partial charge >= 0.3 is 0 Å². The Morgan fingerprint density at radius 1 is 1.32 bits per heavy atom. The molecule has 0 radical (unpaired) electrons. The molecule has 3 nitrogen and oxygen atoms in total. The van der Waals surface area contributed by atoms with Crippen LogP contribution in [0.15, 0.2) is 29.2 Å². The van der Waals surface area contributed by atoms with Gasteiger partial charge in [-0.2, -0.15) is 0 Å². The van der Waals surface area contributed by atoms with Crippen molar-refractivity contribution < 1.29 is 4.79 Å². The van der Waals surface area contributed by atoms with Crippen LogP contribution < -0.4 is 5.32 Å². The fourth-order valence-corrected chi connectivity index (χ4v) is 3.89. The van der Waals surface area contributed by atoms with Gasteiger partial charge in [-0.25, -0.2) is 0 Å². The highest BCUT2D eigenvalue weighted by molar-refractivity contribution is 8.00. The molecule has 22 heavy (non-hydrogen) atoms. The van der Waals surface area contributed by atoms with E-state index in [1.807, 2.05) is 30.1 Å². The second kappa shape index (κ2) is 8.59. The number of rotatable bonds is 6. The average Bonchev–Trinajstić information content (AvgIpc) is 2.53. The summed E-state index contributed by atoms with van der Waals surface area (Å²) in [6.07, 6.45) is 3.48. The average molecular weight is 321 g/mol. The maximum atomic E-state index is 12.8. The van der Waals surface area contributed by atoms with Crippen molar-refractivity contribution in [3.05, 3.63) is 29.8 Å². The quantitative estimate of drug-likeness (QED) is 0.812. The SMILES string of the molecule is CNCCC1CCN(C(=O)c2ccccc2SC(C)C)CC1. The number of nitrogens with zero attached hydrogens (tertiary/aromatic N) is 1. The first-order chi connectivity index (χ1) is 10.6. The molecule has 2 rings (SSSR count). The van der Waals surface area contributed by atoms with Crippen LogP contribution in [0.1, 0.15) is 43.5 Å². The van der Waals surface area contributed by atoms with Gasteiger partial charge in [0.15, 0.2) is 0 Å². The van der Waals surface area contributed by atoms with E-state index < -0.39 is 0 Å². The lowest BCUT2D eigenvalue weighted by Crippen LogP contribution is -2.39. The first kappa shape index (κ1) is 17.4. The normalized spacial score (nSPS) is 16.3. The van der Waals surface area contributed by atoms with Crippen molar-refractivity contribution in [1.29, 1.82) is 0 Å². The van der Waals surface area contributed by atoms with Crippen LogP contribution in [0.5, 0.6) is 0 Å². The molecule has 0 bridgehead atoms. The zero-order valence-corrected chi connectivity index (χ0v) is 14.8. The highest BCUT2D eigenvalue weighted by atomic mass is 32.2. The van der Waals surface area contributed by atoms with Crippen LogP contribution in [0.25, 0.3) is 0 Å². The third kappa shape index (κ3) is 4.75. The molecule has 1 aromatic carbocycles. The van der Waals surface area contributed by atoms with Gasteiger partial charge < -0.3 is 10.2 Å². The molecule has 122 valence electrons. The Morgan fingerprint density at radius 2 is 2.00 bits per heavy atom. The van der Waals surface area contributed by atoms with Crippen LogP contribution in [0.4, 0.5) is 0 Å². The van der Waals surface area contributed by atoms with E-state index in [0.717, 1.165) is 48.9 Å². The summed E-state index contributed by atoms with van der Waals surface area (Å²) in [5.41, 5.74) is 0.870. The van der Waals surface area contributed by atoms with Crippen LogP contribution in [0, 0.1) is 5.92 Å². The first-order valence-electron chi connectivity index (χ1n) is 8.31. The number of hydrogen-bond donors (Lipinski definition) is 1. The summed E-state index contributed by atoms with van der Waals surface area (Å²) in [6.45, 7) is 7.20. The molecule has 0 unspecified atom stereocenters. The number of amides is 1. The lowest BCUT2D eigenvalue weighted by Gasteiger charge is -2.32. The lowest BCUT2D eigenvalue weighted by molar-refractivity contribution is 0.0683. The molecule has 0 spiro atoms. The van der Waals surface area contributed by atoms with Gasteiger partial charge in [-0.1, -0.05) is 26.0 Å². The van der Waals surface area contributed by atoms with E-state index in [0.29, 0.717) is 5.25 Å². The summed E-state index contributed by atoms with van der Waals surface area (Å²) >= 11 is 1.77. The molecule has 1 N–H and O–H groups in total. The molecule has 0 aromatic heterocycles. The second-order valence-corrected chi connectivity index (χ2v) is 7.91. The Labute approximate surface area is 138 Å². The monoisotopic (exact) mass is 320 g/mol. The van der Waals surface area contributed by atoms with E-state index in [9.17, 15) is 4.79 Å². The van der Waals surface area contributed by atoms with Crippen LogP contribution in [-0.2, 0) is 0 Å². The number of hydrogen-bond acceptors (Lipinski definition) is 3. The summed E-state index contributed by atoms with van der Waals surface area (Å²) in [6, 6.07) is 8.03. The van der Waals surface area contributed by atoms with Crippen LogP contribution in [0.2, 0.25) is 0 Å². The summed E-state index contributed by atoms with van der Waals surface area (Å²) in [5, 5.41) is 3.70. The number of benzene rings is 1. The minimum absolute atomic E-state index is 0.204. The van der Waals surface area contributed by atoms with E-state index in [1.54, 1.807) is 11.8 Å². The maximum Gasteiger partial charge on any atom is 0.254 e. The summed E-state index contributed by atoms with van der Waals surface area (Å²) < 4.78 is 0. The number of thioether (sulfide) groups is 1. The molecule has 1 fully saturated rings. The van der Waals surface area contributed by atoms with Gasteiger partial charge in [0.1, 0.15) is 0 Å². The van der Waals surface area contributed by atoms with E-state index in [1.165, 1.54) is 6.42 Å². The minimum atomic E-state index is 0.204. The number of likely N-dealkylation sites (tertiary alicyclic amines) is 1. The number of carbonyl (C=O) groups is 1. The zero-order chi connectivity index (χ0) is 15.9. The van der Waals surface area contributed by atoms with Crippen molar-refractivity contribution in [2.24, 2.45) is 5.92 Å². The molecular formula is C18H28N2OS. The summed E-state index contributed by atoms with van der Waals surface area (Å²) in [7, 11) is 2.00. The van der Waals surface area contributed by atoms with Crippen molar-refractivity contribution in [3.63, 3.8) is 0 Å². The highest BCUT2D eigenvalue weighted by Crippen LogP contribution is 2.29. The Hall–Kier alpha value is -1.00. The van der Waals surface area contributed by atoms with Gasteiger partial charge in [0.05, 0.1) is 5.56 Å². The second-order valence-electron chi connectivity index (χ2n) is 6.29. The van der Waals surface area contributed by atoms with Crippen molar-refractivity contribution in [1.82, 2.24) is 10.2 Å². The molecule has 1 heterocycles. The van der Waals surface area contributed by atoms with Gasteiger partial charge in [-0.3, -0.25) is 4.79 Å². The predicted molar refractivity (Wildman–Crippen MR) is 94.6 cm³/mol. The van der Waals surface area contributed by atoms with E-state index in [2.05, 4.69) is 25.2 Å². The van der Waals surface area contributed by atoms with Crippen molar-refractivity contribution >= 4 is 17.7 Å². The van der Waals surface area contributed by atoms with Crippen molar-refractivity contribution in [2.75, 3.05) is 26.7 Å². The molecule has 1 saturated heterocycles. The van der Waals surface area contributed by atoms with Gasteiger partial charge in [-0.15, -0.1) is 11.8 Å². The smallest absolute Gasteiger partial charge is 0.254 e. The summed E-state index contributed by atoms with van der Waals surface area (Å²) in [4.78, 5) is 16.0. The van der Waals surface area contributed by atoms with E-state index in [-0.39, 0.29) is 5.91 Å². The highest BCUT2D eigenvalue weighted by Gasteiger charge is 2.24. The zero-order valence-electron chi connectivity index (χ0n) is 14.0. The molecule has 1 amide bonds. The molecule has 4 heteroatoms. The molecule has 1 aliphatic rings. The van der Waals surface area contributed by atoms with Gasteiger partial charge in [0.25, 0.3) is 5.91 Å². The first-order valence-corrected chi connectivity index (χ1v) is 9.19. The van der Waals surface area contributed by atoms with Crippen LogP contribution in [0.3, 0.4) is 0 Å². The lowest BCUT2D eigenvalue weighted by atomic mass is 9.93. The number of piperidine rings is 1. The number of carbonyl (C=O) groups excluding carboxylic acids is 1. The Balaban J connectivity index is 1.98. The molecule has 0 atom stereocenters. The molecule has 0 saturated carbocycles. The number of nitrogens with one attached hydrogen (secondary N) is 1. The third-order valence-corrected chi connectivity index (χ3v) is 5.27. The fraction of sp³-hybridized carbons (Fsp3) is 0.611. The van der Waals surface area contributed by atoms with E-state index in [4.69, 9.17) is 0 Å². The molecule has 0 aliphatic carbocycles. The maximum absolute atomic E-state index is 12.8. The predicted octanol–water partition coefficient (Wildman–Crippen LogP) is 3.65. The Bertz CT molecular complexity index is 482. The largest absolute Gasteiger partial charge is 0.339 e. The topological polar surface area (TPSA) is 32.3 Å². The Kier molecular flexibility index (Phi) is 6.77. The van der Waals surface area contributed by atoms with Gasteiger partial charge in [0.2, 0.25) is 0 Å². The fourth-order valence-electron chi connectivity index (χ4n) is 2.94. The standard InChI is InChI=1S/C18H28N2OS/c1-14(2)22-17-7-5-4-6-16(17)18(21)20-12-9-15(10-13-20)8-11-19-3/h4-7,14-15,19H,8-13H2,1-3H3. The molecule has 1 aromatic rings. The van der Waals surface area contributed by atoms with Crippen molar-refractivity contribution in [3.8, 4) is 0 Å². The third-order valence-electron chi connectivity index (χ3n) is 4.18. The summed E-state index contributed by atoms with van der Waals surface area (Å²) in [5.74, 6) is 0.965. The van der Waals surface area contributed by atoms with E-state index >= 15 is 0 Å². The minimum Gasteiger partial charge on any atom is -0.339 e. The van der Waals surface area contributed by atoms with Crippen LogP contribution >= 0.6 is 11.8 Å². The Morgan fingerprint density at radius 3 is 2.64 bits per heavy atom.